The van der Waals surface area contributed by atoms with Gasteiger partial charge in [0.2, 0.25) is 0 Å². The van der Waals surface area contributed by atoms with Gasteiger partial charge in [0.15, 0.2) is 0 Å². The normalized spacial score (nSPS) is 12.0. The smallest absolute Gasteiger partial charge is 0.136 e. The Bertz CT molecular complexity index is 5510. The molecule has 0 amide bonds. The number of benzene rings is 16. The van der Waals surface area contributed by atoms with E-state index in [1.165, 1.54) is 131 Å². The zero-order valence-corrected chi connectivity index (χ0v) is 57.2. The van der Waals surface area contributed by atoms with Crippen LogP contribution in [0.3, 0.4) is 0 Å². The molecule has 0 saturated heterocycles. The average molecular weight is 1260 g/mol. The first-order valence-corrected chi connectivity index (χ1v) is 35.1. The van der Waals surface area contributed by atoms with Crippen molar-refractivity contribution in [3.05, 3.63) is 365 Å². The highest BCUT2D eigenvalue weighted by Crippen LogP contribution is 2.55. The monoisotopic (exact) mass is 1260 g/mol. The van der Waals surface area contributed by atoms with Crippen LogP contribution in [-0.4, -0.2) is 6.61 Å². The van der Waals surface area contributed by atoms with Gasteiger partial charge in [-0.25, -0.2) is 0 Å². The van der Waals surface area contributed by atoms with Gasteiger partial charge in [-0.15, -0.1) is 0 Å². The molecule has 0 aliphatic heterocycles. The van der Waals surface area contributed by atoms with Crippen LogP contribution in [0.25, 0.3) is 120 Å². The molecule has 0 unspecified atom stereocenters. The Balaban J connectivity index is 1.00. The third-order valence-electron chi connectivity index (χ3n) is 20.4. The summed E-state index contributed by atoms with van der Waals surface area (Å²) in [6, 6.07) is 116. The Kier molecular flexibility index (Phi) is 16.0. The summed E-state index contributed by atoms with van der Waals surface area (Å²) in [6.07, 6.45) is 3.09. The van der Waals surface area contributed by atoms with E-state index in [1.807, 2.05) is 0 Å². The molecule has 0 heterocycles. The summed E-state index contributed by atoms with van der Waals surface area (Å²) in [4.78, 5) is 0. The van der Waals surface area contributed by atoms with Gasteiger partial charge in [-0.05, 0) is 188 Å². The molecule has 0 atom stereocenters. The second-order valence-corrected chi connectivity index (χ2v) is 28.8. The van der Waals surface area contributed by atoms with E-state index in [0.717, 1.165) is 69.5 Å². The van der Waals surface area contributed by atoms with Crippen molar-refractivity contribution in [1.29, 1.82) is 0 Å². The van der Waals surface area contributed by atoms with Crippen LogP contribution >= 0.6 is 0 Å². The molecule has 0 bridgehead atoms. The van der Waals surface area contributed by atoms with Crippen LogP contribution in [0.1, 0.15) is 123 Å². The van der Waals surface area contributed by atoms with Crippen LogP contribution in [0.4, 0.5) is 0 Å². The van der Waals surface area contributed by atoms with Crippen molar-refractivity contribution < 1.29 is 4.74 Å². The van der Waals surface area contributed by atoms with Gasteiger partial charge in [-0.2, -0.15) is 0 Å². The van der Waals surface area contributed by atoms with E-state index in [-0.39, 0.29) is 10.8 Å². The molecule has 474 valence electrons. The molecule has 0 fully saturated rings. The van der Waals surface area contributed by atoms with Crippen LogP contribution in [0.5, 0.6) is 5.75 Å². The number of hydrogen-bond acceptors (Lipinski definition) is 1. The molecule has 16 rings (SSSR count). The first-order chi connectivity index (χ1) is 47.9. The lowest BCUT2D eigenvalue weighted by Gasteiger charge is -2.27. The fourth-order valence-electron chi connectivity index (χ4n) is 15.5. The fourth-order valence-corrected chi connectivity index (χ4v) is 15.5. The quantitative estimate of drug-likeness (QED) is 0.0532. The summed E-state index contributed by atoms with van der Waals surface area (Å²) in [6.45, 7) is 16.8. The first kappa shape index (κ1) is 61.7. The van der Waals surface area contributed by atoms with Crippen LogP contribution < -0.4 is 4.74 Å². The maximum absolute atomic E-state index is 7.75. The predicted molar refractivity (Wildman–Crippen MR) is 421 cm³/mol. The summed E-state index contributed by atoms with van der Waals surface area (Å²) < 4.78 is 7.75. The summed E-state index contributed by atoms with van der Waals surface area (Å²) >= 11 is 0. The zero-order chi connectivity index (χ0) is 66.7. The van der Waals surface area contributed by atoms with Crippen LogP contribution in [-0.2, 0) is 10.8 Å². The number of rotatable bonds is 16. The number of unbranched alkanes of at least 4 members (excludes halogenated alkanes) is 2. The highest BCUT2D eigenvalue weighted by molar-refractivity contribution is 6.34. The third-order valence-corrected chi connectivity index (χ3v) is 20.4. The van der Waals surface area contributed by atoms with Gasteiger partial charge >= 0.3 is 0 Å². The molecule has 1 heteroatoms. The van der Waals surface area contributed by atoms with E-state index in [9.17, 15) is 0 Å². The third kappa shape index (κ3) is 11.2. The first-order valence-electron chi connectivity index (χ1n) is 35.1. The Morgan fingerprint density at radius 1 is 0.276 bits per heavy atom. The van der Waals surface area contributed by atoms with Gasteiger partial charge in [0, 0.05) is 11.1 Å². The Morgan fingerprint density at radius 3 is 0.929 bits per heavy atom. The predicted octanol–water partition coefficient (Wildman–Crippen LogP) is 26.7. The van der Waals surface area contributed by atoms with Gasteiger partial charge in [-0.3, -0.25) is 0 Å². The van der Waals surface area contributed by atoms with Crippen molar-refractivity contribution in [2.45, 2.75) is 78.6 Å². The van der Waals surface area contributed by atoms with E-state index < -0.39 is 0 Å². The summed E-state index contributed by atoms with van der Waals surface area (Å²) in [7, 11) is 0. The molecule has 0 N–H and O–H groups in total. The topological polar surface area (TPSA) is 9.23 Å². The molecular formula is C97H80O. The summed E-state index contributed by atoms with van der Waals surface area (Å²) in [5.41, 5.74) is 23.5. The molecule has 0 aliphatic carbocycles. The van der Waals surface area contributed by atoms with Crippen LogP contribution in [0, 0.1) is 0 Å². The van der Waals surface area contributed by atoms with E-state index in [4.69, 9.17) is 4.74 Å². The van der Waals surface area contributed by atoms with Gasteiger partial charge in [-0.1, -0.05) is 365 Å². The van der Waals surface area contributed by atoms with Crippen molar-refractivity contribution in [2.24, 2.45) is 0 Å². The van der Waals surface area contributed by atoms with Crippen LogP contribution in [0.15, 0.2) is 309 Å². The second-order valence-electron chi connectivity index (χ2n) is 28.8. The van der Waals surface area contributed by atoms with E-state index >= 15 is 0 Å². The Morgan fingerprint density at radius 2 is 0.582 bits per heavy atom. The summed E-state index contributed by atoms with van der Waals surface area (Å²) in [5.74, 6) is 0.918. The maximum Gasteiger partial charge on any atom is 0.136 e. The largest absolute Gasteiger partial charge is 0.492 e. The maximum atomic E-state index is 7.75. The SMILES string of the molecule is CCCCCOc1c(-c2ccc(C(=C(c3ccccc3)c3ccccc3)c3ccccc3)cc2)c2ccc3cc(C(C)(C)C)cc4ccc(c1-c1cc(-c5ccc(C(=C(c6ccccc6)c6ccccc6)c6ccccc6)cc5)c5ccc6cc(C(C)(C)C)cc7ccc1c5c67)c2c34. The lowest BCUT2D eigenvalue weighted by atomic mass is 9.79. The van der Waals surface area contributed by atoms with Gasteiger partial charge < -0.3 is 4.74 Å². The standard InChI is InChI=1S/C97H80O/c1-8-9-28-57-98-95-91(72-47-45-71(46-48-72)88(69-39-26-15-27-40-69)86(66-33-20-12-21-34-66)67-35-22-13-23-36-67)81-55-51-75-60-78(97(5,6)7)61-76-52-56-82(93(81)90(75)76)94(95)84-62-83(79-53-49-73-58-77(96(2,3)4)59-74-50-54-80(84)92(79)89(73)74)63-41-43-70(44-42-63)87(68-37-24-14-25-38-68)85(64-29-16-10-17-30-64)65-31-18-11-19-32-65/h10-27,29-56,58-62H,8-9,28,57H2,1-7H3. The minimum atomic E-state index is -0.0502. The van der Waals surface area contributed by atoms with Crippen molar-refractivity contribution >= 4 is 86.9 Å². The highest BCUT2D eigenvalue weighted by Gasteiger charge is 2.29. The molecule has 0 aliphatic rings. The molecule has 98 heavy (non-hydrogen) atoms. The minimum Gasteiger partial charge on any atom is -0.492 e. The molecular weight excluding hydrogens is 1180 g/mol. The van der Waals surface area contributed by atoms with Gasteiger partial charge in [0.25, 0.3) is 0 Å². The highest BCUT2D eigenvalue weighted by atomic mass is 16.5. The molecule has 16 aromatic carbocycles. The van der Waals surface area contributed by atoms with E-state index in [1.54, 1.807) is 0 Å². The van der Waals surface area contributed by atoms with Crippen molar-refractivity contribution in [3.8, 4) is 39.1 Å². The second kappa shape index (κ2) is 25.5. The average Bonchev–Trinajstić information content (AvgIpc) is 0.701. The van der Waals surface area contributed by atoms with Crippen molar-refractivity contribution in [2.75, 3.05) is 6.61 Å². The molecule has 0 saturated carbocycles. The molecule has 1 nitrogen and oxygen atoms in total. The number of ether oxygens (including phenoxy) is 1. The zero-order valence-electron chi connectivity index (χ0n) is 57.2. The van der Waals surface area contributed by atoms with Crippen molar-refractivity contribution in [1.82, 2.24) is 0 Å². The summed E-state index contributed by atoms with van der Waals surface area (Å²) in [5, 5.41) is 14.9. The molecule has 16 aromatic rings. The van der Waals surface area contributed by atoms with E-state index in [0.29, 0.717) is 6.61 Å². The Labute approximate surface area is 577 Å². The molecule has 0 aromatic heterocycles. The Hall–Kier alpha value is -11.1. The molecule has 0 radical (unpaired) electrons. The minimum absolute atomic E-state index is 0.0457. The van der Waals surface area contributed by atoms with Crippen molar-refractivity contribution in [3.63, 3.8) is 0 Å². The van der Waals surface area contributed by atoms with Gasteiger partial charge in [0.1, 0.15) is 5.75 Å². The number of hydrogen-bond donors (Lipinski definition) is 0. The lowest BCUT2D eigenvalue weighted by molar-refractivity contribution is 0.309. The van der Waals surface area contributed by atoms with E-state index in [2.05, 4.69) is 358 Å². The van der Waals surface area contributed by atoms with Gasteiger partial charge in [0.05, 0.1) is 6.61 Å². The fraction of sp³-hybridized carbons (Fsp3) is 0.134. The lowest BCUT2D eigenvalue weighted by Crippen LogP contribution is -2.11. The van der Waals surface area contributed by atoms with Crippen LogP contribution in [0.2, 0.25) is 0 Å². The molecule has 0 spiro atoms.